The number of nitrogens with zero attached hydrogens (tertiary/aromatic N) is 3. The predicted octanol–water partition coefficient (Wildman–Crippen LogP) is 3.85. The first kappa shape index (κ1) is 16.4. The van der Waals surface area contributed by atoms with Crippen molar-refractivity contribution in [3.63, 3.8) is 0 Å². The quantitative estimate of drug-likeness (QED) is 0.931. The average Bonchev–Trinajstić information content (AvgIpc) is 2.87. The van der Waals surface area contributed by atoms with E-state index in [1.807, 2.05) is 36.9 Å². The van der Waals surface area contributed by atoms with E-state index in [-0.39, 0.29) is 5.91 Å². The Morgan fingerprint density at radius 3 is 2.38 bits per heavy atom. The van der Waals surface area contributed by atoms with Gasteiger partial charge in [0, 0.05) is 25.0 Å². The van der Waals surface area contributed by atoms with E-state index in [1.165, 1.54) is 12.8 Å². The molecule has 0 aliphatic carbocycles. The Morgan fingerprint density at radius 1 is 1.04 bits per heavy atom. The maximum atomic E-state index is 12.7. The van der Waals surface area contributed by atoms with Gasteiger partial charge in [-0.1, -0.05) is 31.0 Å². The molecule has 1 fully saturated rings. The van der Waals surface area contributed by atoms with Crippen LogP contribution in [0.3, 0.4) is 0 Å². The zero-order chi connectivity index (χ0) is 16.9. The van der Waals surface area contributed by atoms with Crippen molar-refractivity contribution in [3.05, 3.63) is 47.3 Å². The molecule has 126 valence electrons. The summed E-state index contributed by atoms with van der Waals surface area (Å²) in [5.41, 5.74) is 3.71. The fourth-order valence-electron chi connectivity index (χ4n) is 3.10. The SMILES string of the molecule is Cc1cccc(C)c1Nc1nccc(C(=O)N2CCCCCC2)n1. The molecule has 1 aliphatic heterocycles. The molecule has 3 rings (SSSR count). The minimum absolute atomic E-state index is 0.00357. The molecule has 24 heavy (non-hydrogen) atoms. The van der Waals surface area contributed by atoms with Gasteiger partial charge in [0.1, 0.15) is 5.69 Å². The van der Waals surface area contributed by atoms with Gasteiger partial charge >= 0.3 is 0 Å². The summed E-state index contributed by atoms with van der Waals surface area (Å²) < 4.78 is 0. The molecule has 1 saturated heterocycles. The summed E-state index contributed by atoms with van der Waals surface area (Å²) in [4.78, 5) is 23.3. The predicted molar refractivity (Wildman–Crippen MR) is 95.6 cm³/mol. The Kier molecular flexibility index (Phi) is 5.08. The molecule has 0 spiro atoms. The number of likely N-dealkylation sites (tertiary alicyclic amines) is 1. The Labute approximate surface area is 143 Å². The second kappa shape index (κ2) is 7.43. The van der Waals surface area contributed by atoms with Crippen molar-refractivity contribution in [3.8, 4) is 0 Å². The van der Waals surface area contributed by atoms with Crippen LogP contribution in [0.25, 0.3) is 0 Å². The van der Waals surface area contributed by atoms with Crippen molar-refractivity contribution in [1.29, 1.82) is 0 Å². The number of hydrogen-bond acceptors (Lipinski definition) is 4. The fraction of sp³-hybridized carbons (Fsp3) is 0.421. The van der Waals surface area contributed by atoms with Crippen molar-refractivity contribution < 1.29 is 4.79 Å². The Bertz CT molecular complexity index is 701. The Balaban J connectivity index is 1.80. The maximum Gasteiger partial charge on any atom is 0.272 e. The first-order valence-electron chi connectivity index (χ1n) is 8.61. The van der Waals surface area contributed by atoms with Gasteiger partial charge in [0.25, 0.3) is 5.91 Å². The molecule has 2 heterocycles. The summed E-state index contributed by atoms with van der Waals surface area (Å²) in [7, 11) is 0. The second-order valence-corrected chi connectivity index (χ2v) is 6.36. The zero-order valence-electron chi connectivity index (χ0n) is 14.4. The minimum Gasteiger partial charge on any atom is -0.337 e. The largest absolute Gasteiger partial charge is 0.337 e. The molecule has 1 aromatic carbocycles. The number of carbonyl (C=O) groups excluding carboxylic acids is 1. The smallest absolute Gasteiger partial charge is 0.272 e. The van der Waals surface area contributed by atoms with Crippen LogP contribution < -0.4 is 5.32 Å². The van der Waals surface area contributed by atoms with Crippen LogP contribution >= 0.6 is 0 Å². The molecule has 1 aromatic heterocycles. The lowest BCUT2D eigenvalue weighted by Gasteiger charge is -2.20. The van der Waals surface area contributed by atoms with Gasteiger partial charge < -0.3 is 10.2 Å². The van der Waals surface area contributed by atoms with Crippen molar-refractivity contribution in [1.82, 2.24) is 14.9 Å². The highest BCUT2D eigenvalue weighted by Gasteiger charge is 2.19. The van der Waals surface area contributed by atoms with Gasteiger partial charge in [-0.2, -0.15) is 0 Å². The summed E-state index contributed by atoms with van der Waals surface area (Å²) in [5.74, 6) is 0.469. The van der Waals surface area contributed by atoms with Crippen molar-refractivity contribution >= 4 is 17.5 Å². The molecule has 5 nitrogen and oxygen atoms in total. The number of para-hydroxylation sites is 1. The molecule has 0 atom stereocenters. The molecule has 1 aliphatic rings. The highest BCUT2D eigenvalue weighted by molar-refractivity contribution is 5.92. The number of anilines is 2. The third-order valence-electron chi connectivity index (χ3n) is 4.49. The molecule has 5 heteroatoms. The van der Waals surface area contributed by atoms with E-state index in [0.29, 0.717) is 11.6 Å². The van der Waals surface area contributed by atoms with Gasteiger partial charge in [-0.25, -0.2) is 9.97 Å². The van der Waals surface area contributed by atoms with E-state index in [4.69, 9.17) is 0 Å². The highest BCUT2D eigenvalue weighted by atomic mass is 16.2. The monoisotopic (exact) mass is 324 g/mol. The van der Waals surface area contributed by atoms with Crippen molar-refractivity contribution in [2.75, 3.05) is 18.4 Å². The number of hydrogen-bond donors (Lipinski definition) is 1. The van der Waals surface area contributed by atoms with Gasteiger partial charge in [0.05, 0.1) is 0 Å². The second-order valence-electron chi connectivity index (χ2n) is 6.36. The summed E-state index contributed by atoms with van der Waals surface area (Å²) in [6, 6.07) is 7.81. The van der Waals surface area contributed by atoms with Crippen LogP contribution in [0, 0.1) is 13.8 Å². The summed E-state index contributed by atoms with van der Waals surface area (Å²) in [6.45, 7) is 5.73. The lowest BCUT2D eigenvalue weighted by molar-refractivity contribution is 0.0755. The van der Waals surface area contributed by atoms with Crippen LogP contribution in [0.1, 0.15) is 47.3 Å². The highest BCUT2D eigenvalue weighted by Crippen LogP contribution is 2.22. The van der Waals surface area contributed by atoms with Crippen molar-refractivity contribution in [2.45, 2.75) is 39.5 Å². The summed E-state index contributed by atoms with van der Waals surface area (Å²) >= 11 is 0. The van der Waals surface area contributed by atoms with Crippen LogP contribution in [0.2, 0.25) is 0 Å². The van der Waals surface area contributed by atoms with Gasteiger partial charge in [0.2, 0.25) is 5.95 Å². The molecule has 0 saturated carbocycles. The van der Waals surface area contributed by atoms with E-state index >= 15 is 0 Å². The molecule has 0 radical (unpaired) electrons. The molecular weight excluding hydrogens is 300 g/mol. The van der Waals surface area contributed by atoms with Gasteiger partial charge in [-0.05, 0) is 43.9 Å². The van der Waals surface area contributed by atoms with Gasteiger partial charge in [0.15, 0.2) is 0 Å². The minimum atomic E-state index is 0.00357. The van der Waals surface area contributed by atoms with Crippen LogP contribution in [0.5, 0.6) is 0 Å². The van der Waals surface area contributed by atoms with Crippen molar-refractivity contribution in [2.24, 2.45) is 0 Å². The first-order valence-corrected chi connectivity index (χ1v) is 8.61. The zero-order valence-corrected chi connectivity index (χ0v) is 14.4. The lowest BCUT2D eigenvalue weighted by Crippen LogP contribution is -2.32. The van der Waals surface area contributed by atoms with Crippen LogP contribution in [-0.4, -0.2) is 33.9 Å². The third-order valence-corrected chi connectivity index (χ3v) is 4.49. The van der Waals surface area contributed by atoms with E-state index in [1.54, 1.807) is 12.3 Å². The Morgan fingerprint density at radius 2 is 1.71 bits per heavy atom. The number of nitrogens with one attached hydrogen (secondary N) is 1. The van der Waals surface area contributed by atoms with Gasteiger partial charge in [-0.3, -0.25) is 4.79 Å². The molecule has 0 unspecified atom stereocenters. The number of aryl methyl sites for hydroxylation is 2. The number of rotatable bonds is 3. The first-order chi connectivity index (χ1) is 11.6. The molecule has 2 aromatic rings. The molecule has 0 bridgehead atoms. The lowest BCUT2D eigenvalue weighted by atomic mass is 10.1. The van der Waals surface area contributed by atoms with Gasteiger partial charge in [-0.15, -0.1) is 0 Å². The molecule has 1 amide bonds. The molecular formula is C19H24N4O. The van der Waals surface area contributed by atoms with Crippen LogP contribution in [0.15, 0.2) is 30.5 Å². The topological polar surface area (TPSA) is 58.1 Å². The van der Waals surface area contributed by atoms with Crippen LogP contribution in [0.4, 0.5) is 11.6 Å². The fourth-order valence-corrected chi connectivity index (χ4v) is 3.10. The summed E-state index contributed by atoms with van der Waals surface area (Å²) in [5, 5.41) is 3.26. The summed E-state index contributed by atoms with van der Waals surface area (Å²) in [6.07, 6.45) is 6.20. The average molecular weight is 324 g/mol. The normalized spacial score (nSPS) is 15.0. The number of benzene rings is 1. The number of aromatic nitrogens is 2. The maximum absolute atomic E-state index is 12.7. The third kappa shape index (κ3) is 3.72. The standard InChI is InChI=1S/C19H24N4O/c1-14-8-7-9-15(2)17(14)22-19-20-11-10-16(21-19)18(24)23-12-5-3-4-6-13-23/h7-11H,3-6,12-13H2,1-2H3,(H,20,21,22). The number of carbonyl (C=O) groups is 1. The van der Waals surface area contributed by atoms with E-state index in [9.17, 15) is 4.79 Å². The van der Waals surface area contributed by atoms with Crippen LogP contribution in [-0.2, 0) is 0 Å². The van der Waals surface area contributed by atoms with E-state index in [2.05, 4.69) is 15.3 Å². The number of amides is 1. The van der Waals surface area contributed by atoms with E-state index < -0.39 is 0 Å². The Hall–Kier alpha value is -2.43. The molecule has 1 N–H and O–H groups in total. The van der Waals surface area contributed by atoms with E-state index in [0.717, 1.165) is 42.7 Å².